The van der Waals surface area contributed by atoms with Crippen LogP contribution in [-0.4, -0.2) is 77.2 Å². The highest BCUT2D eigenvalue weighted by Gasteiger charge is 2.48. The second-order valence-electron chi connectivity index (χ2n) is 9.28. The number of amides is 2. The summed E-state index contributed by atoms with van der Waals surface area (Å²) in [6.45, 7) is 6.96. The molecule has 2 aliphatic heterocycles. The molecular formula is C23H32N4O3S. The number of carbonyl (C=O) groups excluding carboxylic acids is 2. The molecule has 2 amide bonds. The van der Waals surface area contributed by atoms with Crippen LogP contribution in [0.25, 0.3) is 10.2 Å². The van der Waals surface area contributed by atoms with Crippen molar-refractivity contribution in [1.29, 1.82) is 0 Å². The number of thiophene rings is 1. The monoisotopic (exact) mass is 444 g/mol. The van der Waals surface area contributed by atoms with Crippen LogP contribution >= 0.6 is 11.3 Å². The third-order valence-corrected chi connectivity index (χ3v) is 8.07. The van der Waals surface area contributed by atoms with Gasteiger partial charge in [0.2, 0.25) is 5.91 Å². The summed E-state index contributed by atoms with van der Waals surface area (Å²) >= 11 is 1.64. The van der Waals surface area contributed by atoms with Gasteiger partial charge >= 0.3 is 0 Å². The van der Waals surface area contributed by atoms with Crippen LogP contribution in [0.15, 0.2) is 17.5 Å². The number of nitrogens with one attached hydrogen (secondary N) is 1. The van der Waals surface area contributed by atoms with E-state index in [-0.39, 0.29) is 17.9 Å². The second-order valence-corrected chi connectivity index (χ2v) is 10.2. The largest absolute Gasteiger partial charge is 0.379 e. The summed E-state index contributed by atoms with van der Waals surface area (Å²) in [6, 6.07) is 4.27. The number of ether oxygens (including phenoxy) is 1. The molecule has 0 radical (unpaired) electrons. The number of nitrogens with zero attached hydrogens (tertiary/aromatic N) is 3. The van der Waals surface area contributed by atoms with E-state index in [0.29, 0.717) is 18.8 Å². The lowest BCUT2D eigenvalue weighted by Gasteiger charge is -2.45. The van der Waals surface area contributed by atoms with Crippen molar-refractivity contribution >= 4 is 33.4 Å². The van der Waals surface area contributed by atoms with E-state index < -0.39 is 5.54 Å². The van der Waals surface area contributed by atoms with Crippen molar-refractivity contribution in [2.24, 2.45) is 0 Å². The van der Waals surface area contributed by atoms with Crippen molar-refractivity contribution in [3.05, 3.63) is 23.2 Å². The molecule has 168 valence electrons. The molecule has 1 saturated heterocycles. The zero-order valence-electron chi connectivity index (χ0n) is 18.3. The molecule has 1 atom stereocenters. The van der Waals surface area contributed by atoms with Gasteiger partial charge in [-0.2, -0.15) is 0 Å². The highest BCUT2D eigenvalue weighted by molar-refractivity contribution is 7.17. The molecule has 31 heavy (non-hydrogen) atoms. The van der Waals surface area contributed by atoms with E-state index in [2.05, 4.69) is 20.9 Å². The summed E-state index contributed by atoms with van der Waals surface area (Å²) in [6.07, 6.45) is 5.65. The van der Waals surface area contributed by atoms with Gasteiger partial charge in [0.15, 0.2) is 0 Å². The zero-order valence-corrected chi connectivity index (χ0v) is 19.1. The van der Waals surface area contributed by atoms with Crippen LogP contribution in [0.5, 0.6) is 0 Å². The first kappa shape index (κ1) is 21.0. The quantitative estimate of drug-likeness (QED) is 0.770. The van der Waals surface area contributed by atoms with Gasteiger partial charge in [0.25, 0.3) is 5.91 Å². The van der Waals surface area contributed by atoms with Crippen LogP contribution in [0.2, 0.25) is 0 Å². The van der Waals surface area contributed by atoms with Gasteiger partial charge < -0.3 is 19.5 Å². The Kier molecular flexibility index (Phi) is 5.79. The lowest BCUT2D eigenvalue weighted by molar-refractivity contribution is -0.134. The first-order valence-corrected chi connectivity index (χ1v) is 12.4. The Balaban J connectivity index is 1.43. The minimum atomic E-state index is -0.901. The molecular weight excluding hydrogens is 412 g/mol. The Morgan fingerprint density at radius 1 is 1.23 bits per heavy atom. The van der Waals surface area contributed by atoms with Crippen molar-refractivity contribution in [2.75, 3.05) is 39.4 Å². The molecule has 4 heterocycles. The number of aromatic nitrogens is 1. The van der Waals surface area contributed by atoms with Crippen LogP contribution in [0.1, 0.15) is 49.5 Å². The molecule has 1 aliphatic carbocycles. The molecule has 5 rings (SSSR count). The van der Waals surface area contributed by atoms with Gasteiger partial charge in [-0.05, 0) is 37.3 Å². The van der Waals surface area contributed by atoms with E-state index in [1.807, 2.05) is 23.3 Å². The third-order valence-electron chi connectivity index (χ3n) is 7.22. The average Bonchev–Trinajstić information content (AvgIpc) is 3.37. The van der Waals surface area contributed by atoms with E-state index in [9.17, 15) is 9.59 Å². The first-order chi connectivity index (χ1) is 15.1. The fourth-order valence-electron chi connectivity index (χ4n) is 5.28. The van der Waals surface area contributed by atoms with Gasteiger partial charge in [-0.15, -0.1) is 11.3 Å². The van der Waals surface area contributed by atoms with Crippen molar-refractivity contribution in [2.45, 2.75) is 57.2 Å². The maximum absolute atomic E-state index is 13.7. The Morgan fingerprint density at radius 3 is 2.77 bits per heavy atom. The average molecular weight is 445 g/mol. The molecule has 0 spiro atoms. The Bertz CT molecular complexity index is 957. The first-order valence-electron chi connectivity index (χ1n) is 11.6. The fraction of sp³-hybridized carbons (Fsp3) is 0.652. The van der Waals surface area contributed by atoms with Crippen LogP contribution in [0.4, 0.5) is 0 Å². The maximum Gasteiger partial charge on any atom is 0.271 e. The Morgan fingerprint density at radius 2 is 2.00 bits per heavy atom. The molecule has 2 aromatic rings. The minimum absolute atomic E-state index is 0.0162. The molecule has 7 nitrogen and oxygen atoms in total. The maximum atomic E-state index is 13.7. The van der Waals surface area contributed by atoms with Crippen molar-refractivity contribution < 1.29 is 14.3 Å². The third kappa shape index (κ3) is 3.90. The molecule has 3 aliphatic rings. The van der Waals surface area contributed by atoms with E-state index >= 15 is 0 Å². The second kappa shape index (κ2) is 8.56. The Hall–Kier alpha value is -1.90. The molecule has 0 unspecified atom stereocenters. The minimum Gasteiger partial charge on any atom is -0.379 e. The van der Waals surface area contributed by atoms with E-state index in [1.54, 1.807) is 11.3 Å². The standard InChI is InChI=1S/C23H32N4O3S/c1-23(22(29)24-17-5-3-2-4-6-17)16-26-18-7-14-31-20(18)15-19(26)21(28)27(23)9-8-25-10-12-30-13-11-25/h7,14-15,17H,2-6,8-13,16H2,1H3,(H,24,29)/t23-/m0/s1. The number of hydrogen-bond donors (Lipinski definition) is 1. The van der Waals surface area contributed by atoms with Gasteiger partial charge in [0.05, 0.1) is 30.0 Å². The molecule has 0 aromatic carbocycles. The molecule has 8 heteroatoms. The molecule has 1 saturated carbocycles. The summed E-state index contributed by atoms with van der Waals surface area (Å²) in [5, 5.41) is 5.35. The topological polar surface area (TPSA) is 66.8 Å². The van der Waals surface area contributed by atoms with Crippen molar-refractivity contribution in [3.63, 3.8) is 0 Å². The number of hydrogen-bond acceptors (Lipinski definition) is 5. The highest BCUT2D eigenvalue weighted by Crippen LogP contribution is 2.34. The van der Waals surface area contributed by atoms with E-state index in [4.69, 9.17) is 4.74 Å². The smallest absolute Gasteiger partial charge is 0.271 e. The van der Waals surface area contributed by atoms with Crippen molar-refractivity contribution in [3.8, 4) is 0 Å². The summed E-state index contributed by atoms with van der Waals surface area (Å²) in [5.74, 6) is -0.0540. The van der Waals surface area contributed by atoms with Crippen LogP contribution < -0.4 is 5.32 Å². The zero-order chi connectivity index (χ0) is 21.4. The number of fused-ring (bicyclic) bond motifs is 3. The van der Waals surface area contributed by atoms with Gasteiger partial charge in [0, 0.05) is 32.2 Å². The van der Waals surface area contributed by atoms with Crippen LogP contribution in [0, 0.1) is 0 Å². The number of rotatable bonds is 5. The predicted octanol–water partition coefficient (Wildman–Crippen LogP) is 2.70. The fourth-order valence-corrected chi connectivity index (χ4v) is 6.10. The van der Waals surface area contributed by atoms with Gasteiger partial charge in [-0.1, -0.05) is 19.3 Å². The normalized spacial score (nSPS) is 25.7. The Labute approximate surface area is 187 Å². The lowest BCUT2D eigenvalue weighted by atomic mass is 9.91. The van der Waals surface area contributed by atoms with Crippen LogP contribution in [0.3, 0.4) is 0 Å². The summed E-state index contributed by atoms with van der Waals surface area (Å²) in [5.41, 5.74) is 0.853. The van der Waals surface area contributed by atoms with Gasteiger partial charge in [-0.25, -0.2) is 0 Å². The lowest BCUT2D eigenvalue weighted by Crippen LogP contribution is -2.66. The molecule has 2 aromatic heterocycles. The van der Waals surface area contributed by atoms with Gasteiger partial charge in [0.1, 0.15) is 11.2 Å². The highest BCUT2D eigenvalue weighted by atomic mass is 32.1. The number of morpholine rings is 1. The number of carbonyl (C=O) groups is 2. The predicted molar refractivity (Wildman–Crippen MR) is 122 cm³/mol. The summed E-state index contributed by atoms with van der Waals surface area (Å²) in [7, 11) is 0. The SMILES string of the molecule is C[C@@]1(C(=O)NC2CCCCC2)Cn2c(cc3sccc32)C(=O)N1CCN1CCOCC1. The van der Waals surface area contributed by atoms with Gasteiger partial charge in [-0.3, -0.25) is 14.5 Å². The van der Waals surface area contributed by atoms with E-state index in [0.717, 1.165) is 55.9 Å². The summed E-state index contributed by atoms with van der Waals surface area (Å²) in [4.78, 5) is 31.5. The molecule has 1 N–H and O–H groups in total. The van der Waals surface area contributed by atoms with Crippen LogP contribution in [-0.2, 0) is 16.1 Å². The molecule has 0 bridgehead atoms. The summed E-state index contributed by atoms with van der Waals surface area (Å²) < 4.78 is 8.62. The molecule has 2 fully saturated rings. The van der Waals surface area contributed by atoms with Crippen molar-refractivity contribution in [1.82, 2.24) is 19.7 Å². The van der Waals surface area contributed by atoms with E-state index in [1.165, 1.54) is 19.3 Å².